The Labute approximate surface area is 103 Å². The van der Waals surface area contributed by atoms with E-state index >= 15 is 0 Å². The van der Waals surface area contributed by atoms with Crippen molar-refractivity contribution in [2.75, 3.05) is 30.4 Å². The molecule has 1 heterocycles. The molecule has 1 aromatic rings. The molecule has 0 aliphatic carbocycles. The van der Waals surface area contributed by atoms with Crippen molar-refractivity contribution in [3.8, 4) is 0 Å². The van der Waals surface area contributed by atoms with Crippen LogP contribution in [0.15, 0.2) is 6.07 Å². The Bertz CT molecular complexity index is 379. The first-order valence-corrected chi connectivity index (χ1v) is 5.85. The van der Waals surface area contributed by atoms with Crippen LogP contribution in [-0.4, -0.2) is 40.8 Å². The molecule has 5 nitrogen and oxygen atoms in total. The van der Waals surface area contributed by atoms with E-state index in [4.69, 9.17) is 0 Å². The Kier molecular flexibility index (Phi) is 4.28. The van der Waals surface area contributed by atoms with Gasteiger partial charge in [0.05, 0.1) is 12.1 Å². The third-order valence-electron chi connectivity index (χ3n) is 2.82. The van der Waals surface area contributed by atoms with Crippen molar-refractivity contribution in [1.29, 1.82) is 0 Å². The van der Waals surface area contributed by atoms with Gasteiger partial charge in [-0.1, -0.05) is 0 Å². The highest BCUT2D eigenvalue weighted by molar-refractivity contribution is 5.50. The van der Waals surface area contributed by atoms with Crippen LogP contribution < -0.4 is 10.2 Å². The summed E-state index contributed by atoms with van der Waals surface area (Å²) >= 11 is 0. The van der Waals surface area contributed by atoms with Crippen molar-refractivity contribution >= 4 is 11.6 Å². The van der Waals surface area contributed by atoms with Crippen molar-refractivity contribution in [3.05, 3.63) is 11.9 Å². The number of hydrogen-bond donors (Lipinski definition) is 2. The highest BCUT2D eigenvalue weighted by Gasteiger charge is 2.24. The van der Waals surface area contributed by atoms with Gasteiger partial charge >= 0.3 is 0 Å². The molecule has 0 bridgehead atoms. The van der Waals surface area contributed by atoms with E-state index < -0.39 is 0 Å². The van der Waals surface area contributed by atoms with E-state index in [1.807, 2.05) is 45.7 Å². The van der Waals surface area contributed by atoms with Gasteiger partial charge in [0.2, 0.25) is 0 Å². The number of hydrogen-bond acceptors (Lipinski definition) is 5. The molecular formula is C12H22N4O. The number of aliphatic hydroxyl groups is 1. The van der Waals surface area contributed by atoms with Gasteiger partial charge in [-0.3, -0.25) is 0 Å². The fourth-order valence-electron chi connectivity index (χ4n) is 1.41. The normalized spacial score (nSPS) is 11.4. The predicted octanol–water partition coefficient (Wildman–Crippen LogP) is 1.42. The van der Waals surface area contributed by atoms with Crippen LogP contribution in [0.25, 0.3) is 0 Å². The molecule has 0 saturated carbocycles. The van der Waals surface area contributed by atoms with Gasteiger partial charge in [0, 0.05) is 19.7 Å². The van der Waals surface area contributed by atoms with Crippen LogP contribution in [0.2, 0.25) is 0 Å². The van der Waals surface area contributed by atoms with Gasteiger partial charge in [-0.25, -0.2) is 9.97 Å². The predicted molar refractivity (Wildman–Crippen MR) is 70.5 cm³/mol. The maximum Gasteiger partial charge on any atom is 0.134 e. The van der Waals surface area contributed by atoms with Crippen LogP contribution in [0.4, 0.5) is 11.6 Å². The third kappa shape index (κ3) is 3.30. The average molecular weight is 238 g/mol. The zero-order chi connectivity index (χ0) is 13.1. The lowest BCUT2D eigenvalue weighted by Crippen LogP contribution is -2.45. The van der Waals surface area contributed by atoms with Gasteiger partial charge in [0.25, 0.3) is 0 Å². The van der Waals surface area contributed by atoms with E-state index in [1.165, 1.54) is 0 Å². The van der Waals surface area contributed by atoms with Gasteiger partial charge in [-0.2, -0.15) is 0 Å². The summed E-state index contributed by atoms with van der Waals surface area (Å²) in [4.78, 5) is 10.7. The van der Waals surface area contributed by atoms with Crippen LogP contribution in [0.1, 0.15) is 26.6 Å². The molecule has 0 aromatic carbocycles. The molecule has 0 unspecified atom stereocenters. The summed E-state index contributed by atoms with van der Waals surface area (Å²) < 4.78 is 0. The molecule has 0 amide bonds. The first-order chi connectivity index (χ1) is 7.90. The van der Waals surface area contributed by atoms with E-state index in [9.17, 15) is 5.11 Å². The molecule has 0 aliphatic rings. The molecule has 0 fully saturated rings. The smallest absolute Gasteiger partial charge is 0.134 e. The molecule has 0 radical (unpaired) electrons. The van der Waals surface area contributed by atoms with Crippen LogP contribution in [0.5, 0.6) is 0 Å². The summed E-state index contributed by atoms with van der Waals surface area (Å²) in [6.07, 6.45) is 0. The highest BCUT2D eigenvalue weighted by atomic mass is 16.3. The fraction of sp³-hybridized carbons (Fsp3) is 0.667. The quantitative estimate of drug-likeness (QED) is 0.812. The number of nitrogens with one attached hydrogen (secondary N) is 1. The van der Waals surface area contributed by atoms with E-state index in [0.29, 0.717) is 0 Å². The summed E-state index contributed by atoms with van der Waals surface area (Å²) in [5, 5.41) is 12.5. The van der Waals surface area contributed by atoms with Crippen molar-refractivity contribution in [2.24, 2.45) is 0 Å². The number of rotatable bonds is 5. The Hall–Kier alpha value is -1.36. The second-order valence-electron chi connectivity index (χ2n) is 4.72. The molecule has 1 aromatic heterocycles. The molecule has 17 heavy (non-hydrogen) atoms. The molecule has 0 spiro atoms. The van der Waals surface area contributed by atoms with E-state index in [0.717, 1.165) is 24.0 Å². The summed E-state index contributed by atoms with van der Waals surface area (Å²) in [6, 6.07) is 1.90. The number of anilines is 2. The second kappa shape index (κ2) is 5.31. The average Bonchev–Trinajstić information content (AvgIpc) is 2.27. The molecule has 0 aliphatic heterocycles. The zero-order valence-corrected chi connectivity index (χ0v) is 11.3. The van der Waals surface area contributed by atoms with Crippen molar-refractivity contribution < 1.29 is 5.11 Å². The standard InChI is InChI=1S/C12H22N4O/c1-6-13-10-7-11(15-9(2)14-10)16(5)12(3,4)8-17/h7,17H,6,8H2,1-5H3,(H,13,14,15). The first kappa shape index (κ1) is 13.7. The lowest BCUT2D eigenvalue weighted by Gasteiger charge is -2.35. The molecule has 2 N–H and O–H groups in total. The number of aliphatic hydroxyl groups excluding tert-OH is 1. The second-order valence-corrected chi connectivity index (χ2v) is 4.72. The SMILES string of the molecule is CCNc1cc(N(C)C(C)(C)CO)nc(C)n1. The maximum atomic E-state index is 9.37. The van der Waals surface area contributed by atoms with E-state index in [1.54, 1.807) is 0 Å². The van der Waals surface area contributed by atoms with Crippen LogP contribution in [0.3, 0.4) is 0 Å². The van der Waals surface area contributed by atoms with Gasteiger partial charge in [0.15, 0.2) is 0 Å². The molecule has 0 saturated heterocycles. The van der Waals surface area contributed by atoms with E-state index in [2.05, 4.69) is 15.3 Å². The van der Waals surface area contributed by atoms with Crippen molar-refractivity contribution in [1.82, 2.24) is 9.97 Å². The molecule has 1 rings (SSSR count). The molecular weight excluding hydrogens is 216 g/mol. The Morgan fingerprint density at radius 3 is 2.59 bits per heavy atom. The molecule has 0 atom stereocenters. The Morgan fingerprint density at radius 1 is 1.41 bits per heavy atom. The monoisotopic (exact) mass is 238 g/mol. The van der Waals surface area contributed by atoms with Crippen molar-refractivity contribution in [2.45, 2.75) is 33.2 Å². The maximum absolute atomic E-state index is 9.37. The summed E-state index contributed by atoms with van der Waals surface area (Å²) in [7, 11) is 1.92. The molecule has 5 heteroatoms. The summed E-state index contributed by atoms with van der Waals surface area (Å²) in [6.45, 7) is 8.73. The fourth-order valence-corrected chi connectivity index (χ4v) is 1.41. The minimum absolute atomic E-state index is 0.0725. The van der Waals surface area contributed by atoms with Crippen LogP contribution in [-0.2, 0) is 0 Å². The van der Waals surface area contributed by atoms with Crippen molar-refractivity contribution in [3.63, 3.8) is 0 Å². The first-order valence-electron chi connectivity index (χ1n) is 5.85. The largest absolute Gasteiger partial charge is 0.394 e. The minimum atomic E-state index is -0.343. The topological polar surface area (TPSA) is 61.3 Å². The molecule has 96 valence electrons. The number of nitrogens with zero attached hydrogens (tertiary/aromatic N) is 3. The number of likely N-dealkylation sites (N-methyl/N-ethyl adjacent to an activating group) is 1. The van der Waals surface area contributed by atoms with Crippen LogP contribution >= 0.6 is 0 Å². The summed E-state index contributed by atoms with van der Waals surface area (Å²) in [5.74, 6) is 2.35. The van der Waals surface area contributed by atoms with Gasteiger partial charge < -0.3 is 15.3 Å². The number of aromatic nitrogens is 2. The lowest BCUT2D eigenvalue weighted by molar-refractivity contribution is 0.215. The van der Waals surface area contributed by atoms with Gasteiger partial charge in [0.1, 0.15) is 17.5 Å². The van der Waals surface area contributed by atoms with Gasteiger partial charge in [-0.15, -0.1) is 0 Å². The van der Waals surface area contributed by atoms with Gasteiger partial charge in [-0.05, 0) is 27.7 Å². The Morgan fingerprint density at radius 2 is 2.06 bits per heavy atom. The number of aryl methyl sites for hydroxylation is 1. The van der Waals surface area contributed by atoms with E-state index in [-0.39, 0.29) is 12.1 Å². The van der Waals surface area contributed by atoms with Crippen LogP contribution in [0, 0.1) is 6.92 Å². The third-order valence-corrected chi connectivity index (χ3v) is 2.82. The lowest BCUT2D eigenvalue weighted by atomic mass is 10.1. The zero-order valence-electron chi connectivity index (χ0n) is 11.3. The highest BCUT2D eigenvalue weighted by Crippen LogP contribution is 2.22. The summed E-state index contributed by atoms with van der Waals surface area (Å²) in [5.41, 5.74) is -0.343. The Balaban J connectivity index is 3.05. The minimum Gasteiger partial charge on any atom is -0.394 e.